The number of likely N-dealkylation sites (N-methyl/N-ethyl adjacent to an activating group) is 1. The Balaban J connectivity index is 1.93. The zero-order chi connectivity index (χ0) is 24.0. The van der Waals surface area contributed by atoms with Crippen LogP contribution < -0.4 is 10.1 Å². The van der Waals surface area contributed by atoms with Crippen LogP contribution in [0.4, 0.5) is 5.69 Å². The van der Waals surface area contributed by atoms with Crippen molar-refractivity contribution in [3.05, 3.63) is 40.3 Å². The van der Waals surface area contributed by atoms with Gasteiger partial charge < -0.3 is 19.7 Å². The number of aromatic nitrogens is 1. The lowest BCUT2D eigenvalue weighted by molar-refractivity contribution is -0.115. The molecule has 1 aromatic carbocycles. The summed E-state index contributed by atoms with van der Waals surface area (Å²) in [5.41, 5.74) is 1.00. The molecule has 0 unspecified atom stereocenters. The molecule has 0 spiro atoms. The number of thiazole rings is 1. The van der Waals surface area contributed by atoms with Crippen LogP contribution in [-0.2, 0) is 16.1 Å². The first-order valence-electron chi connectivity index (χ1n) is 11.3. The zero-order valence-corrected chi connectivity index (χ0v) is 20.9. The first-order valence-corrected chi connectivity index (χ1v) is 12.2. The predicted molar refractivity (Wildman–Crippen MR) is 130 cm³/mol. The number of carbonyl (C=O) groups is 2. The highest BCUT2D eigenvalue weighted by Gasteiger charge is 2.28. The number of fused-ring (bicyclic) bond motifs is 1. The Morgan fingerprint density at radius 2 is 2.12 bits per heavy atom. The van der Waals surface area contributed by atoms with E-state index in [2.05, 4.69) is 29.0 Å². The van der Waals surface area contributed by atoms with E-state index in [4.69, 9.17) is 9.47 Å². The average molecular weight is 475 g/mol. The lowest BCUT2D eigenvalue weighted by atomic mass is 10.0. The van der Waals surface area contributed by atoms with Gasteiger partial charge in [-0.2, -0.15) is 0 Å². The molecule has 8 nitrogen and oxygen atoms in total. The SMILES string of the molecule is CCC(=O)Nc1ccc2c(c1)C(=O)N(C)C[C@H](OC)[C@H](C)CN(Cc1nccs1)[C@H](C)CO2. The fourth-order valence-electron chi connectivity index (χ4n) is 3.90. The molecule has 1 N–H and O–H groups in total. The van der Waals surface area contributed by atoms with E-state index in [-0.39, 0.29) is 29.9 Å². The molecule has 1 aromatic heterocycles. The topological polar surface area (TPSA) is 84.0 Å². The number of hydrogen-bond donors (Lipinski definition) is 1. The second-order valence-electron chi connectivity index (χ2n) is 8.57. The fourth-order valence-corrected chi connectivity index (χ4v) is 4.54. The Morgan fingerprint density at radius 1 is 1.33 bits per heavy atom. The van der Waals surface area contributed by atoms with Crippen LogP contribution in [0.5, 0.6) is 5.75 Å². The van der Waals surface area contributed by atoms with Gasteiger partial charge in [0, 0.05) is 57.0 Å². The molecular formula is C24H34N4O4S. The lowest BCUT2D eigenvalue weighted by Crippen LogP contribution is -2.46. The Morgan fingerprint density at radius 3 is 2.79 bits per heavy atom. The van der Waals surface area contributed by atoms with Gasteiger partial charge in [-0.1, -0.05) is 13.8 Å². The van der Waals surface area contributed by atoms with Crippen LogP contribution in [0, 0.1) is 5.92 Å². The van der Waals surface area contributed by atoms with Crippen molar-refractivity contribution in [3.63, 3.8) is 0 Å². The Kier molecular flexibility index (Phi) is 8.82. The van der Waals surface area contributed by atoms with Gasteiger partial charge in [0.05, 0.1) is 18.2 Å². The van der Waals surface area contributed by atoms with E-state index in [0.29, 0.717) is 36.6 Å². The van der Waals surface area contributed by atoms with Crippen molar-refractivity contribution in [1.82, 2.24) is 14.8 Å². The van der Waals surface area contributed by atoms with Crippen molar-refractivity contribution in [1.29, 1.82) is 0 Å². The second kappa shape index (κ2) is 11.6. The van der Waals surface area contributed by atoms with Gasteiger partial charge in [-0.3, -0.25) is 14.5 Å². The lowest BCUT2D eigenvalue weighted by Gasteiger charge is -2.35. The Hall–Kier alpha value is -2.49. The van der Waals surface area contributed by atoms with Gasteiger partial charge in [-0.25, -0.2) is 4.98 Å². The van der Waals surface area contributed by atoms with Crippen molar-refractivity contribution in [2.75, 3.05) is 39.2 Å². The van der Waals surface area contributed by atoms with Crippen molar-refractivity contribution >= 4 is 28.8 Å². The number of ether oxygens (including phenoxy) is 2. The number of methoxy groups -OCH3 is 1. The van der Waals surface area contributed by atoms with Crippen LogP contribution in [-0.4, -0.2) is 72.6 Å². The standard InChI is InChI=1S/C24H34N4O4S/c1-6-22(29)26-18-7-8-20-19(11-18)24(30)27(4)13-21(31-5)16(2)12-28(17(3)15-32-20)14-23-25-9-10-33-23/h7-11,16-17,21H,6,12-15H2,1-5H3,(H,26,29)/t16-,17-,21+/m1/s1. The van der Waals surface area contributed by atoms with Crippen molar-refractivity contribution < 1.29 is 19.1 Å². The molecule has 2 heterocycles. The maximum absolute atomic E-state index is 13.3. The zero-order valence-electron chi connectivity index (χ0n) is 20.0. The minimum atomic E-state index is -0.167. The van der Waals surface area contributed by atoms with Crippen molar-refractivity contribution in [2.45, 2.75) is 45.9 Å². The normalized spacial score (nSPS) is 22.6. The molecule has 0 radical (unpaired) electrons. The summed E-state index contributed by atoms with van der Waals surface area (Å²) in [5.74, 6) is 0.413. The van der Waals surface area contributed by atoms with Crippen LogP contribution in [0.2, 0.25) is 0 Å². The van der Waals surface area contributed by atoms with Crippen LogP contribution in [0.1, 0.15) is 42.6 Å². The van der Waals surface area contributed by atoms with Gasteiger partial charge in [0.15, 0.2) is 0 Å². The smallest absolute Gasteiger partial charge is 0.257 e. The van der Waals surface area contributed by atoms with E-state index in [1.807, 2.05) is 11.6 Å². The molecule has 1 aliphatic heterocycles. The minimum absolute atomic E-state index is 0.0911. The number of amides is 2. The average Bonchev–Trinajstić information content (AvgIpc) is 3.32. The van der Waals surface area contributed by atoms with Gasteiger partial charge >= 0.3 is 0 Å². The van der Waals surface area contributed by atoms with Crippen molar-refractivity contribution in [2.24, 2.45) is 5.92 Å². The maximum Gasteiger partial charge on any atom is 0.257 e. The quantitative estimate of drug-likeness (QED) is 0.714. The number of anilines is 1. The van der Waals surface area contributed by atoms with Gasteiger partial charge in [-0.05, 0) is 31.0 Å². The maximum atomic E-state index is 13.3. The summed E-state index contributed by atoms with van der Waals surface area (Å²) in [4.78, 5) is 33.7. The number of carbonyl (C=O) groups excluding carboxylic acids is 2. The fraction of sp³-hybridized carbons (Fsp3) is 0.542. The monoisotopic (exact) mass is 474 g/mol. The highest BCUT2D eigenvalue weighted by molar-refractivity contribution is 7.09. The molecular weight excluding hydrogens is 440 g/mol. The molecule has 9 heteroatoms. The van der Waals surface area contributed by atoms with Gasteiger partial charge in [0.2, 0.25) is 5.91 Å². The largest absolute Gasteiger partial charge is 0.491 e. The summed E-state index contributed by atoms with van der Waals surface area (Å²) in [5, 5.41) is 5.87. The summed E-state index contributed by atoms with van der Waals surface area (Å²) < 4.78 is 12.0. The Bertz CT molecular complexity index is 937. The van der Waals surface area contributed by atoms with Crippen LogP contribution in [0.25, 0.3) is 0 Å². The number of nitrogens with zero attached hydrogens (tertiary/aromatic N) is 3. The van der Waals surface area contributed by atoms with Crippen LogP contribution in [0.3, 0.4) is 0 Å². The molecule has 0 aliphatic carbocycles. The highest BCUT2D eigenvalue weighted by Crippen LogP contribution is 2.27. The molecule has 33 heavy (non-hydrogen) atoms. The van der Waals surface area contributed by atoms with Crippen molar-refractivity contribution in [3.8, 4) is 5.75 Å². The Labute approximate surface area is 199 Å². The molecule has 0 bridgehead atoms. The van der Waals surface area contributed by atoms with E-state index in [1.54, 1.807) is 55.5 Å². The number of benzene rings is 1. The summed E-state index contributed by atoms with van der Waals surface area (Å²) in [6.07, 6.45) is 2.06. The molecule has 3 rings (SSSR count). The summed E-state index contributed by atoms with van der Waals surface area (Å²) >= 11 is 1.64. The highest BCUT2D eigenvalue weighted by atomic mass is 32.1. The molecule has 0 saturated carbocycles. The first-order chi connectivity index (χ1) is 15.8. The summed E-state index contributed by atoms with van der Waals surface area (Å²) in [6, 6.07) is 5.31. The van der Waals surface area contributed by atoms with Gasteiger partial charge in [0.25, 0.3) is 5.91 Å². The van der Waals surface area contributed by atoms with E-state index >= 15 is 0 Å². The third-order valence-corrected chi connectivity index (χ3v) is 6.76. The molecule has 2 aromatic rings. The first kappa shape index (κ1) is 25.1. The number of nitrogens with one attached hydrogen (secondary N) is 1. The molecule has 180 valence electrons. The van der Waals surface area contributed by atoms with Gasteiger partial charge in [0.1, 0.15) is 17.4 Å². The van der Waals surface area contributed by atoms with Gasteiger partial charge in [-0.15, -0.1) is 11.3 Å². The van der Waals surface area contributed by atoms with E-state index in [0.717, 1.165) is 18.1 Å². The van der Waals surface area contributed by atoms with Crippen LogP contribution >= 0.6 is 11.3 Å². The minimum Gasteiger partial charge on any atom is -0.491 e. The van der Waals surface area contributed by atoms with E-state index < -0.39 is 0 Å². The summed E-state index contributed by atoms with van der Waals surface area (Å²) in [6.45, 7) is 8.44. The number of rotatable bonds is 5. The van der Waals surface area contributed by atoms with Crippen LogP contribution in [0.15, 0.2) is 29.8 Å². The molecule has 1 aliphatic rings. The third-order valence-electron chi connectivity index (χ3n) is 6.00. The molecule has 2 amide bonds. The van der Waals surface area contributed by atoms with E-state index in [9.17, 15) is 9.59 Å². The summed E-state index contributed by atoms with van der Waals surface area (Å²) in [7, 11) is 3.46. The third kappa shape index (κ3) is 6.52. The number of hydrogen-bond acceptors (Lipinski definition) is 7. The molecule has 0 fully saturated rings. The van der Waals surface area contributed by atoms with E-state index in [1.165, 1.54) is 0 Å². The second-order valence-corrected chi connectivity index (χ2v) is 9.54. The molecule has 3 atom stereocenters. The predicted octanol–water partition coefficient (Wildman–Crippen LogP) is 3.50. The molecule has 0 saturated heterocycles.